The summed E-state index contributed by atoms with van der Waals surface area (Å²) in [4.78, 5) is 30.0. The van der Waals surface area contributed by atoms with Crippen LogP contribution in [0.4, 0.5) is 0 Å². The summed E-state index contributed by atoms with van der Waals surface area (Å²) in [6.45, 7) is 2.28. The van der Waals surface area contributed by atoms with Gasteiger partial charge in [0.15, 0.2) is 5.82 Å². The van der Waals surface area contributed by atoms with Crippen LogP contribution in [-0.4, -0.2) is 38.0 Å². The molecule has 1 aliphatic rings. The Morgan fingerprint density at radius 2 is 1.71 bits per heavy atom. The molecule has 0 fully saturated rings. The summed E-state index contributed by atoms with van der Waals surface area (Å²) in [5.41, 5.74) is 0.989. The standard InChI is InChI=1S/C15H16N4O2/c1-10-16-13(17-18(10)2)8-5-9-19-14(20)11-6-3-4-7-12(11)15(19)21/h3-4,6-7H,5,8-9H2,1-2H3. The molecule has 0 bridgehead atoms. The van der Waals surface area contributed by atoms with Crippen molar-refractivity contribution in [3.05, 3.63) is 47.0 Å². The number of benzene rings is 1. The lowest BCUT2D eigenvalue weighted by Gasteiger charge is -2.12. The number of carbonyl (C=O) groups is 2. The van der Waals surface area contributed by atoms with Gasteiger partial charge in [-0.3, -0.25) is 19.2 Å². The Balaban J connectivity index is 1.64. The SMILES string of the molecule is Cc1nc(CCCN2C(=O)c3ccccc3C2=O)nn1C. The lowest BCUT2D eigenvalue weighted by molar-refractivity contribution is 0.0652. The molecule has 0 saturated carbocycles. The molecular formula is C15H16N4O2. The molecule has 0 unspecified atom stereocenters. The number of aromatic nitrogens is 3. The molecule has 3 rings (SSSR count). The summed E-state index contributed by atoms with van der Waals surface area (Å²) in [5, 5.41) is 4.27. The maximum atomic E-state index is 12.2. The average molecular weight is 284 g/mol. The number of nitrogens with zero attached hydrogens (tertiary/aromatic N) is 4. The molecule has 6 nitrogen and oxygen atoms in total. The molecule has 1 aliphatic heterocycles. The van der Waals surface area contributed by atoms with Gasteiger partial charge < -0.3 is 0 Å². The minimum absolute atomic E-state index is 0.208. The number of fused-ring (bicyclic) bond motifs is 1. The zero-order chi connectivity index (χ0) is 15.0. The zero-order valence-corrected chi connectivity index (χ0v) is 12.0. The first kappa shape index (κ1) is 13.5. The fourth-order valence-corrected chi connectivity index (χ4v) is 2.47. The van der Waals surface area contributed by atoms with E-state index in [4.69, 9.17) is 0 Å². The largest absolute Gasteiger partial charge is 0.274 e. The molecule has 0 saturated heterocycles. The van der Waals surface area contributed by atoms with E-state index in [1.54, 1.807) is 28.9 Å². The van der Waals surface area contributed by atoms with E-state index in [-0.39, 0.29) is 11.8 Å². The first-order chi connectivity index (χ1) is 10.1. The van der Waals surface area contributed by atoms with Crippen LogP contribution in [0.3, 0.4) is 0 Å². The third-order valence-electron chi connectivity index (χ3n) is 3.68. The second kappa shape index (κ2) is 5.12. The van der Waals surface area contributed by atoms with E-state index >= 15 is 0 Å². The van der Waals surface area contributed by atoms with Gasteiger partial charge in [0.05, 0.1) is 11.1 Å². The summed E-state index contributed by atoms with van der Waals surface area (Å²) in [5.74, 6) is 1.18. The number of hydrogen-bond acceptors (Lipinski definition) is 4. The van der Waals surface area contributed by atoms with Gasteiger partial charge >= 0.3 is 0 Å². The van der Waals surface area contributed by atoms with Crippen LogP contribution >= 0.6 is 0 Å². The molecule has 0 radical (unpaired) electrons. The van der Waals surface area contributed by atoms with Crippen molar-refractivity contribution in [3.63, 3.8) is 0 Å². The topological polar surface area (TPSA) is 68.1 Å². The Hall–Kier alpha value is -2.50. The first-order valence-electron chi connectivity index (χ1n) is 6.89. The van der Waals surface area contributed by atoms with Gasteiger partial charge in [0.2, 0.25) is 0 Å². The van der Waals surface area contributed by atoms with E-state index in [1.165, 1.54) is 4.90 Å². The third-order valence-corrected chi connectivity index (χ3v) is 3.68. The van der Waals surface area contributed by atoms with Crippen molar-refractivity contribution < 1.29 is 9.59 Å². The van der Waals surface area contributed by atoms with Crippen molar-refractivity contribution >= 4 is 11.8 Å². The number of hydrogen-bond donors (Lipinski definition) is 0. The van der Waals surface area contributed by atoms with E-state index in [1.807, 2.05) is 14.0 Å². The third kappa shape index (κ3) is 2.33. The van der Waals surface area contributed by atoms with Crippen LogP contribution in [0.15, 0.2) is 24.3 Å². The monoisotopic (exact) mass is 284 g/mol. The second-order valence-corrected chi connectivity index (χ2v) is 5.11. The molecule has 1 aromatic carbocycles. The molecule has 0 N–H and O–H groups in total. The van der Waals surface area contributed by atoms with Gasteiger partial charge in [-0.25, -0.2) is 4.98 Å². The fraction of sp³-hybridized carbons (Fsp3) is 0.333. The number of rotatable bonds is 4. The highest BCUT2D eigenvalue weighted by molar-refractivity contribution is 6.21. The van der Waals surface area contributed by atoms with Crippen molar-refractivity contribution in [1.29, 1.82) is 0 Å². The van der Waals surface area contributed by atoms with Gasteiger partial charge in [-0.2, -0.15) is 5.10 Å². The fourth-order valence-electron chi connectivity index (χ4n) is 2.47. The second-order valence-electron chi connectivity index (χ2n) is 5.11. The molecule has 2 aromatic rings. The van der Waals surface area contributed by atoms with Crippen molar-refractivity contribution in [2.75, 3.05) is 6.54 Å². The number of carbonyl (C=O) groups excluding carboxylic acids is 2. The predicted molar refractivity (Wildman–Crippen MR) is 75.9 cm³/mol. The highest BCUT2D eigenvalue weighted by atomic mass is 16.2. The van der Waals surface area contributed by atoms with E-state index < -0.39 is 0 Å². The van der Waals surface area contributed by atoms with Gasteiger partial charge in [0.1, 0.15) is 5.82 Å². The smallest absolute Gasteiger partial charge is 0.261 e. The van der Waals surface area contributed by atoms with Gasteiger partial charge in [0.25, 0.3) is 11.8 Å². The normalized spacial score (nSPS) is 13.9. The average Bonchev–Trinajstić information content (AvgIpc) is 2.92. The minimum Gasteiger partial charge on any atom is -0.274 e. The Morgan fingerprint density at radius 1 is 1.10 bits per heavy atom. The van der Waals surface area contributed by atoms with Crippen LogP contribution in [0.5, 0.6) is 0 Å². The summed E-state index contributed by atoms with van der Waals surface area (Å²) in [6, 6.07) is 6.93. The number of aryl methyl sites for hydroxylation is 3. The van der Waals surface area contributed by atoms with Gasteiger partial charge in [-0.05, 0) is 25.5 Å². The van der Waals surface area contributed by atoms with E-state index in [2.05, 4.69) is 10.1 Å². The van der Waals surface area contributed by atoms with Gasteiger partial charge in [-0.1, -0.05) is 12.1 Å². The first-order valence-corrected chi connectivity index (χ1v) is 6.89. The Labute approximate surface area is 122 Å². The highest BCUT2D eigenvalue weighted by Crippen LogP contribution is 2.22. The summed E-state index contributed by atoms with van der Waals surface area (Å²) < 4.78 is 1.72. The van der Waals surface area contributed by atoms with Crippen molar-refractivity contribution in [2.45, 2.75) is 19.8 Å². The van der Waals surface area contributed by atoms with Gasteiger partial charge in [0, 0.05) is 20.0 Å². The summed E-state index contributed by atoms with van der Waals surface area (Å²) in [6.07, 6.45) is 1.31. The minimum atomic E-state index is -0.208. The van der Waals surface area contributed by atoms with Crippen molar-refractivity contribution in [1.82, 2.24) is 19.7 Å². The van der Waals surface area contributed by atoms with E-state index in [9.17, 15) is 9.59 Å². The van der Waals surface area contributed by atoms with Crippen LogP contribution in [0, 0.1) is 6.92 Å². The lowest BCUT2D eigenvalue weighted by atomic mass is 10.1. The quantitative estimate of drug-likeness (QED) is 0.795. The number of imide groups is 1. The molecule has 108 valence electrons. The summed E-state index contributed by atoms with van der Waals surface area (Å²) >= 11 is 0. The van der Waals surface area contributed by atoms with Crippen molar-refractivity contribution in [3.8, 4) is 0 Å². The maximum Gasteiger partial charge on any atom is 0.261 e. The highest BCUT2D eigenvalue weighted by Gasteiger charge is 2.34. The molecule has 6 heteroatoms. The van der Waals surface area contributed by atoms with E-state index in [0.717, 1.165) is 11.6 Å². The van der Waals surface area contributed by atoms with Crippen molar-refractivity contribution in [2.24, 2.45) is 7.05 Å². The molecule has 2 heterocycles. The summed E-state index contributed by atoms with van der Waals surface area (Å²) in [7, 11) is 1.84. The molecular weight excluding hydrogens is 268 g/mol. The maximum absolute atomic E-state index is 12.2. The van der Waals surface area contributed by atoms with Crippen LogP contribution in [0.2, 0.25) is 0 Å². The van der Waals surface area contributed by atoms with Crippen LogP contribution in [0.25, 0.3) is 0 Å². The van der Waals surface area contributed by atoms with Crippen LogP contribution < -0.4 is 0 Å². The Kier molecular flexibility index (Phi) is 3.29. The molecule has 1 aromatic heterocycles. The molecule has 2 amide bonds. The molecule has 21 heavy (non-hydrogen) atoms. The Morgan fingerprint density at radius 3 is 2.24 bits per heavy atom. The van der Waals surface area contributed by atoms with E-state index in [0.29, 0.717) is 30.5 Å². The zero-order valence-electron chi connectivity index (χ0n) is 12.0. The Bertz CT molecular complexity index is 666. The van der Waals surface area contributed by atoms with Gasteiger partial charge in [-0.15, -0.1) is 0 Å². The molecule has 0 atom stereocenters. The molecule has 0 aliphatic carbocycles. The molecule has 0 spiro atoms. The van der Waals surface area contributed by atoms with Crippen LogP contribution in [0.1, 0.15) is 38.8 Å². The predicted octanol–water partition coefficient (Wildman–Crippen LogP) is 1.35. The van der Waals surface area contributed by atoms with Crippen LogP contribution in [-0.2, 0) is 13.5 Å². The number of amides is 2. The lowest BCUT2D eigenvalue weighted by Crippen LogP contribution is -2.31.